The Morgan fingerprint density at radius 1 is 1.54 bits per heavy atom. The van der Waals surface area contributed by atoms with Crippen molar-refractivity contribution in [3.8, 4) is 0 Å². The molecule has 0 aliphatic heterocycles. The van der Waals surface area contributed by atoms with Gasteiger partial charge in [0.05, 0.1) is 6.54 Å². The molecule has 1 atom stereocenters. The molecule has 0 aromatic carbocycles. The summed E-state index contributed by atoms with van der Waals surface area (Å²) in [5.74, 6) is -0.885. The second kappa shape index (κ2) is 11.4. The molecular formula is C8H21N3O2. The van der Waals surface area contributed by atoms with Gasteiger partial charge in [-0.2, -0.15) is 0 Å². The highest BCUT2D eigenvalue weighted by molar-refractivity contribution is 5.68. The van der Waals surface area contributed by atoms with Crippen molar-refractivity contribution in [2.45, 2.75) is 26.3 Å². The fraction of sp³-hybridized carbons (Fsp3) is 0.875. The van der Waals surface area contributed by atoms with Gasteiger partial charge in [0.15, 0.2) is 0 Å². The quantitative estimate of drug-likeness (QED) is 0.463. The Morgan fingerprint density at radius 3 is 2.31 bits per heavy atom. The van der Waals surface area contributed by atoms with Gasteiger partial charge in [-0.15, -0.1) is 0 Å². The lowest BCUT2D eigenvalue weighted by atomic mass is 10.3. The molecule has 0 aromatic heterocycles. The average Bonchev–Trinajstić information content (AvgIpc) is 2.05. The minimum atomic E-state index is -0.885. The predicted octanol–water partition coefficient (Wildman–Crippen LogP) is -0.637. The van der Waals surface area contributed by atoms with E-state index < -0.39 is 5.97 Å². The molecule has 0 saturated heterocycles. The number of hydrogen-bond donors (Lipinski definition) is 4. The number of aliphatic carboxylic acids is 1. The van der Waals surface area contributed by atoms with Gasteiger partial charge in [-0.05, 0) is 0 Å². The molecule has 0 heterocycles. The molecular weight excluding hydrogens is 170 g/mol. The normalized spacial score (nSPS) is 11.4. The third kappa shape index (κ3) is 18.4. The molecule has 5 nitrogen and oxygen atoms in total. The number of carbonyl (C=O) groups is 1. The van der Waals surface area contributed by atoms with Gasteiger partial charge in [-0.3, -0.25) is 4.79 Å². The van der Waals surface area contributed by atoms with E-state index in [1.165, 1.54) is 6.42 Å². The van der Waals surface area contributed by atoms with Crippen molar-refractivity contribution in [3.05, 3.63) is 0 Å². The van der Waals surface area contributed by atoms with Crippen molar-refractivity contribution in [2.75, 3.05) is 19.6 Å². The summed E-state index contributed by atoms with van der Waals surface area (Å²) in [6.07, 6.45) is 1.25. The monoisotopic (exact) mass is 191 g/mol. The Bertz CT molecular complexity index is 120. The zero-order valence-electron chi connectivity index (χ0n) is 8.42. The van der Waals surface area contributed by atoms with Gasteiger partial charge in [0.25, 0.3) is 0 Å². The maximum Gasteiger partial charge on any atom is 0.317 e. The molecule has 6 N–H and O–H groups in total. The van der Waals surface area contributed by atoms with Crippen LogP contribution in [0.4, 0.5) is 0 Å². The highest BCUT2D eigenvalue weighted by atomic mass is 16.4. The molecule has 13 heavy (non-hydrogen) atoms. The Balaban J connectivity index is 0. The van der Waals surface area contributed by atoms with Crippen LogP contribution in [0.3, 0.4) is 0 Å². The SMILES string of the molecule is CCC.NC[C@H](N)CNCC(=O)O. The van der Waals surface area contributed by atoms with Gasteiger partial charge >= 0.3 is 5.97 Å². The summed E-state index contributed by atoms with van der Waals surface area (Å²) in [6, 6.07) is -0.153. The smallest absolute Gasteiger partial charge is 0.317 e. The molecule has 0 fully saturated rings. The standard InChI is InChI=1S/C5H13N3O2.C3H8/c6-1-4(7)2-8-3-5(9)10;1-3-2/h4,8H,1-3,6-7H2,(H,9,10);3H2,1-2H3/t4-;/m0./s1. The molecule has 0 aliphatic rings. The third-order valence-electron chi connectivity index (χ3n) is 0.986. The van der Waals surface area contributed by atoms with E-state index in [-0.39, 0.29) is 12.6 Å². The maximum atomic E-state index is 9.93. The highest BCUT2D eigenvalue weighted by Crippen LogP contribution is 1.68. The second-order valence-corrected chi connectivity index (χ2v) is 2.73. The first kappa shape index (κ1) is 14.9. The van der Waals surface area contributed by atoms with Crippen LogP contribution in [0.2, 0.25) is 0 Å². The molecule has 0 unspecified atom stereocenters. The second-order valence-electron chi connectivity index (χ2n) is 2.73. The molecule has 0 radical (unpaired) electrons. The van der Waals surface area contributed by atoms with Crippen molar-refractivity contribution in [1.29, 1.82) is 0 Å². The zero-order valence-corrected chi connectivity index (χ0v) is 8.42. The van der Waals surface area contributed by atoms with E-state index in [9.17, 15) is 4.79 Å². The van der Waals surface area contributed by atoms with Crippen molar-refractivity contribution in [1.82, 2.24) is 5.32 Å². The van der Waals surface area contributed by atoms with Crippen LogP contribution in [-0.2, 0) is 4.79 Å². The molecule has 0 aliphatic carbocycles. The van der Waals surface area contributed by atoms with E-state index >= 15 is 0 Å². The van der Waals surface area contributed by atoms with Gasteiger partial charge in [-0.25, -0.2) is 0 Å². The fourth-order valence-corrected chi connectivity index (χ4v) is 0.448. The van der Waals surface area contributed by atoms with Gasteiger partial charge in [0.1, 0.15) is 0 Å². The molecule has 0 saturated carbocycles. The summed E-state index contributed by atoms with van der Waals surface area (Å²) < 4.78 is 0. The lowest BCUT2D eigenvalue weighted by Gasteiger charge is -2.07. The van der Waals surface area contributed by atoms with Crippen molar-refractivity contribution < 1.29 is 9.90 Å². The predicted molar refractivity (Wildman–Crippen MR) is 53.5 cm³/mol. The summed E-state index contributed by atoms with van der Waals surface area (Å²) in [4.78, 5) is 9.93. The van der Waals surface area contributed by atoms with Crippen LogP contribution in [0.1, 0.15) is 20.3 Å². The number of hydrogen-bond acceptors (Lipinski definition) is 4. The fourth-order valence-electron chi connectivity index (χ4n) is 0.448. The molecule has 0 rings (SSSR count). The summed E-state index contributed by atoms with van der Waals surface area (Å²) in [5, 5.41) is 10.8. The number of nitrogens with two attached hydrogens (primary N) is 2. The Hall–Kier alpha value is -0.650. The van der Waals surface area contributed by atoms with Crippen LogP contribution >= 0.6 is 0 Å². The van der Waals surface area contributed by atoms with Crippen LogP contribution in [0.25, 0.3) is 0 Å². The van der Waals surface area contributed by atoms with Crippen LogP contribution in [0.15, 0.2) is 0 Å². The van der Waals surface area contributed by atoms with E-state index in [0.29, 0.717) is 13.1 Å². The molecule has 0 aromatic rings. The van der Waals surface area contributed by atoms with Gasteiger partial charge in [-0.1, -0.05) is 20.3 Å². The number of rotatable bonds is 5. The Kier molecular flexibility index (Phi) is 13.0. The molecule has 80 valence electrons. The highest BCUT2D eigenvalue weighted by Gasteiger charge is 1.99. The van der Waals surface area contributed by atoms with E-state index in [1.54, 1.807) is 0 Å². The Labute approximate surface area is 79.5 Å². The summed E-state index contributed by atoms with van der Waals surface area (Å²) in [7, 11) is 0. The van der Waals surface area contributed by atoms with Crippen LogP contribution < -0.4 is 16.8 Å². The van der Waals surface area contributed by atoms with Gasteiger partial charge in [0, 0.05) is 19.1 Å². The lowest BCUT2D eigenvalue weighted by Crippen LogP contribution is -2.41. The van der Waals surface area contributed by atoms with E-state index in [4.69, 9.17) is 16.6 Å². The summed E-state index contributed by atoms with van der Waals surface area (Å²) in [5.41, 5.74) is 10.6. The lowest BCUT2D eigenvalue weighted by molar-refractivity contribution is -0.135. The average molecular weight is 191 g/mol. The number of carboxylic acid groups (broad SMARTS) is 1. The first-order valence-corrected chi connectivity index (χ1v) is 4.46. The van der Waals surface area contributed by atoms with Crippen molar-refractivity contribution in [3.63, 3.8) is 0 Å². The van der Waals surface area contributed by atoms with E-state index in [0.717, 1.165) is 0 Å². The number of carboxylic acids is 1. The van der Waals surface area contributed by atoms with Gasteiger partial charge in [0.2, 0.25) is 0 Å². The van der Waals surface area contributed by atoms with Crippen LogP contribution in [-0.4, -0.2) is 36.8 Å². The molecule has 5 heteroatoms. The largest absolute Gasteiger partial charge is 0.480 e. The van der Waals surface area contributed by atoms with Crippen molar-refractivity contribution >= 4 is 5.97 Å². The van der Waals surface area contributed by atoms with E-state index in [1.807, 2.05) is 0 Å². The summed E-state index contributed by atoms with van der Waals surface area (Å²) >= 11 is 0. The van der Waals surface area contributed by atoms with Crippen LogP contribution in [0, 0.1) is 0 Å². The molecule has 0 spiro atoms. The first-order chi connectivity index (χ1) is 6.08. The van der Waals surface area contributed by atoms with Crippen molar-refractivity contribution in [2.24, 2.45) is 11.5 Å². The van der Waals surface area contributed by atoms with Gasteiger partial charge < -0.3 is 21.9 Å². The number of nitrogens with one attached hydrogen (secondary N) is 1. The minimum Gasteiger partial charge on any atom is -0.480 e. The Morgan fingerprint density at radius 2 is 2.00 bits per heavy atom. The molecule has 0 amide bonds. The topological polar surface area (TPSA) is 101 Å². The third-order valence-corrected chi connectivity index (χ3v) is 0.986. The van der Waals surface area contributed by atoms with Crippen LogP contribution in [0.5, 0.6) is 0 Å². The van der Waals surface area contributed by atoms with E-state index in [2.05, 4.69) is 19.2 Å². The molecule has 0 bridgehead atoms. The first-order valence-electron chi connectivity index (χ1n) is 4.46. The maximum absolute atomic E-state index is 9.93. The zero-order chi connectivity index (χ0) is 10.7. The minimum absolute atomic E-state index is 0.0618. The summed E-state index contributed by atoms with van der Waals surface area (Å²) in [6.45, 7) is 5.00.